The molecule has 6 nitrogen and oxygen atoms in total. The van der Waals surface area contributed by atoms with E-state index in [1.54, 1.807) is 23.2 Å². The van der Waals surface area contributed by atoms with Crippen LogP contribution in [0, 0.1) is 0 Å². The fourth-order valence-corrected chi connectivity index (χ4v) is 3.02. The zero-order valence-electron chi connectivity index (χ0n) is 12.9. The van der Waals surface area contributed by atoms with Crippen LogP contribution in [0.2, 0.25) is 5.02 Å². The Balaban J connectivity index is 1.47. The van der Waals surface area contributed by atoms with Crippen LogP contribution in [0.25, 0.3) is 11.2 Å². The molecule has 2 aromatic heterocycles. The number of nitrogens with zero attached hydrogens (tertiary/aromatic N) is 4. The number of amides is 1. The van der Waals surface area contributed by atoms with Crippen LogP contribution in [0.15, 0.2) is 47.0 Å². The van der Waals surface area contributed by atoms with Crippen molar-refractivity contribution in [2.75, 3.05) is 31.1 Å². The summed E-state index contributed by atoms with van der Waals surface area (Å²) in [6, 6.07) is 11.3. The molecule has 0 saturated carbocycles. The SMILES string of the molecule is O=C(c1ccccc1Cl)N1CCN(c2nc3ncccc3o2)CC1. The molecule has 4 rings (SSSR count). The van der Waals surface area contributed by atoms with Crippen molar-refractivity contribution in [2.45, 2.75) is 0 Å². The maximum absolute atomic E-state index is 12.6. The summed E-state index contributed by atoms with van der Waals surface area (Å²) in [7, 11) is 0. The molecule has 0 N–H and O–H groups in total. The number of benzene rings is 1. The van der Waals surface area contributed by atoms with Gasteiger partial charge < -0.3 is 14.2 Å². The van der Waals surface area contributed by atoms with Crippen molar-refractivity contribution >= 4 is 34.8 Å². The molecule has 1 aromatic carbocycles. The number of aromatic nitrogens is 2. The molecule has 1 fully saturated rings. The molecule has 0 spiro atoms. The predicted octanol–water partition coefficient (Wildman–Crippen LogP) is 2.84. The standard InChI is InChI=1S/C17H15ClN4O2/c18-13-5-2-1-4-12(13)16(23)21-8-10-22(11-9-21)17-20-15-14(24-17)6-3-7-19-15/h1-7H,8-11H2. The zero-order valence-corrected chi connectivity index (χ0v) is 13.6. The van der Waals surface area contributed by atoms with Crippen molar-refractivity contribution in [1.82, 2.24) is 14.9 Å². The largest absolute Gasteiger partial charge is 0.422 e. The second-order valence-corrected chi connectivity index (χ2v) is 5.99. The second kappa shape index (κ2) is 6.13. The van der Waals surface area contributed by atoms with Crippen molar-refractivity contribution < 1.29 is 9.21 Å². The molecule has 0 bridgehead atoms. The minimum Gasteiger partial charge on any atom is -0.422 e. The maximum Gasteiger partial charge on any atom is 0.300 e. The van der Waals surface area contributed by atoms with Gasteiger partial charge in [0, 0.05) is 32.4 Å². The summed E-state index contributed by atoms with van der Waals surface area (Å²) in [5.74, 6) is -0.0421. The van der Waals surface area contributed by atoms with E-state index >= 15 is 0 Å². The molecule has 1 saturated heterocycles. The van der Waals surface area contributed by atoms with Crippen molar-refractivity contribution in [3.8, 4) is 0 Å². The molecule has 122 valence electrons. The van der Waals surface area contributed by atoms with Crippen LogP contribution in [-0.4, -0.2) is 47.0 Å². The topological polar surface area (TPSA) is 62.5 Å². The third-order valence-corrected chi connectivity index (χ3v) is 4.42. The number of anilines is 1. The minimum atomic E-state index is -0.0421. The van der Waals surface area contributed by atoms with Crippen LogP contribution in [0.3, 0.4) is 0 Å². The van der Waals surface area contributed by atoms with Gasteiger partial charge >= 0.3 is 0 Å². The summed E-state index contributed by atoms with van der Waals surface area (Å²) < 4.78 is 5.73. The summed E-state index contributed by atoms with van der Waals surface area (Å²) >= 11 is 6.12. The highest BCUT2D eigenvalue weighted by Gasteiger charge is 2.25. The Morgan fingerprint density at radius 1 is 1.08 bits per heavy atom. The van der Waals surface area contributed by atoms with E-state index in [-0.39, 0.29) is 5.91 Å². The van der Waals surface area contributed by atoms with Gasteiger partial charge in [0.2, 0.25) is 5.65 Å². The third-order valence-electron chi connectivity index (χ3n) is 4.10. The summed E-state index contributed by atoms with van der Waals surface area (Å²) in [6.45, 7) is 2.50. The van der Waals surface area contributed by atoms with E-state index < -0.39 is 0 Å². The van der Waals surface area contributed by atoms with Crippen molar-refractivity contribution in [1.29, 1.82) is 0 Å². The smallest absolute Gasteiger partial charge is 0.300 e. The lowest BCUT2D eigenvalue weighted by Gasteiger charge is -2.34. The number of oxazole rings is 1. The summed E-state index contributed by atoms with van der Waals surface area (Å²) in [5.41, 5.74) is 1.81. The molecule has 1 amide bonds. The lowest BCUT2D eigenvalue weighted by atomic mass is 10.2. The van der Waals surface area contributed by atoms with Gasteiger partial charge in [-0.2, -0.15) is 4.98 Å². The van der Waals surface area contributed by atoms with Crippen LogP contribution in [0.4, 0.5) is 6.01 Å². The van der Waals surface area contributed by atoms with Crippen LogP contribution in [0.1, 0.15) is 10.4 Å². The number of fused-ring (bicyclic) bond motifs is 1. The highest BCUT2D eigenvalue weighted by Crippen LogP contribution is 2.22. The number of carbonyl (C=O) groups is 1. The second-order valence-electron chi connectivity index (χ2n) is 5.58. The Bertz CT molecular complexity index is 854. The van der Waals surface area contributed by atoms with E-state index in [1.165, 1.54) is 0 Å². The van der Waals surface area contributed by atoms with Crippen molar-refractivity contribution in [3.05, 3.63) is 53.2 Å². The number of pyridine rings is 1. The number of piperazine rings is 1. The van der Waals surface area contributed by atoms with Crippen LogP contribution < -0.4 is 4.90 Å². The van der Waals surface area contributed by atoms with Crippen molar-refractivity contribution in [2.24, 2.45) is 0 Å². The molecule has 0 unspecified atom stereocenters. The number of rotatable bonds is 2. The van der Waals surface area contributed by atoms with E-state index in [4.69, 9.17) is 16.0 Å². The number of carbonyl (C=O) groups excluding carboxylic acids is 1. The lowest BCUT2D eigenvalue weighted by molar-refractivity contribution is 0.0745. The Morgan fingerprint density at radius 3 is 2.62 bits per heavy atom. The van der Waals surface area contributed by atoms with Crippen molar-refractivity contribution in [3.63, 3.8) is 0 Å². The Kier molecular flexibility index (Phi) is 3.82. The average Bonchev–Trinajstić information content (AvgIpc) is 3.06. The predicted molar refractivity (Wildman–Crippen MR) is 91.4 cm³/mol. The highest BCUT2D eigenvalue weighted by molar-refractivity contribution is 6.33. The third kappa shape index (κ3) is 2.69. The normalized spacial score (nSPS) is 15.0. The van der Waals surface area contributed by atoms with Gasteiger partial charge in [-0.05, 0) is 24.3 Å². The molecule has 3 aromatic rings. The number of hydrogen-bond acceptors (Lipinski definition) is 5. The van der Waals surface area contributed by atoms with E-state index in [0.29, 0.717) is 54.0 Å². The van der Waals surface area contributed by atoms with Gasteiger partial charge in [-0.1, -0.05) is 23.7 Å². The quantitative estimate of drug-likeness (QED) is 0.716. The van der Waals surface area contributed by atoms with Gasteiger partial charge in [0.15, 0.2) is 5.58 Å². The van der Waals surface area contributed by atoms with E-state index in [2.05, 4.69) is 9.97 Å². The molecule has 7 heteroatoms. The zero-order chi connectivity index (χ0) is 16.5. The minimum absolute atomic E-state index is 0.0421. The molecular formula is C17H15ClN4O2. The lowest BCUT2D eigenvalue weighted by Crippen LogP contribution is -2.49. The van der Waals surface area contributed by atoms with Crippen LogP contribution >= 0.6 is 11.6 Å². The van der Waals surface area contributed by atoms with Gasteiger partial charge in [0.1, 0.15) is 0 Å². The Hall–Kier alpha value is -2.60. The summed E-state index contributed by atoms with van der Waals surface area (Å²) in [6.07, 6.45) is 1.69. The van der Waals surface area contributed by atoms with Crippen LogP contribution in [-0.2, 0) is 0 Å². The van der Waals surface area contributed by atoms with Gasteiger partial charge in [-0.3, -0.25) is 4.79 Å². The van der Waals surface area contributed by atoms with Gasteiger partial charge in [0.05, 0.1) is 10.6 Å². The van der Waals surface area contributed by atoms with Gasteiger partial charge in [0.25, 0.3) is 11.9 Å². The van der Waals surface area contributed by atoms with Gasteiger partial charge in [-0.25, -0.2) is 4.98 Å². The maximum atomic E-state index is 12.6. The molecule has 0 atom stereocenters. The first kappa shape index (κ1) is 15.0. The fourth-order valence-electron chi connectivity index (χ4n) is 2.80. The first-order valence-electron chi connectivity index (χ1n) is 7.73. The first-order valence-corrected chi connectivity index (χ1v) is 8.10. The molecule has 3 heterocycles. The molecule has 0 aliphatic carbocycles. The van der Waals surface area contributed by atoms with E-state index in [1.807, 2.05) is 29.2 Å². The van der Waals surface area contributed by atoms with Crippen LogP contribution in [0.5, 0.6) is 0 Å². The van der Waals surface area contributed by atoms with E-state index in [9.17, 15) is 4.79 Å². The number of halogens is 1. The Labute approximate surface area is 143 Å². The van der Waals surface area contributed by atoms with E-state index in [0.717, 1.165) is 0 Å². The number of hydrogen-bond donors (Lipinski definition) is 0. The highest BCUT2D eigenvalue weighted by atomic mass is 35.5. The summed E-state index contributed by atoms with van der Waals surface area (Å²) in [4.78, 5) is 25.0. The molecule has 0 radical (unpaired) electrons. The molecular weight excluding hydrogens is 328 g/mol. The monoisotopic (exact) mass is 342 g/mol. The van der Waals surface area contributed by atoms with Gasteiger partial charge in [-0.15, -0.1) is 0 Å². The summed E-state index contributed by atoms with van der Waals surface area (Å²) in [5, 5.41) is 0.481. The molecule has 1 aliphatic heterocycles. The molecule has 1 aliphatic rings. The fraction of sp³-hybridized carbons (Fsp3) is 0.235. The average molecular weight is 343 g/mol. The molecule has 24 heavy (non-hydrogen) atoms. The Morgan fingerprint density at radius 2 is 1.88 bits per heavy atom. The first-order chi connectivity index (χ1) is 11.7.